The molecule has 0 radical (unpaired) electrons. The minimum Gasteiger partial charge on any atom is -0.465 e. The molecule has 0 fully saturated rings. The molecule has 0 aromatic heterocycles. The lowest BCUT2D eigenvalue weighted by Crippen LogP contribution is -2.10. The van der Waals surface area contributed by atoms with Crippen LogP contribution in [-0.4, -0.2) is 12.6 Å². The number of halogens is 2. The summed E-state index contributed by atoms with van der Waals surface area (Å²) in [5.74, 6) is -0.448. The fourth-order valence-electron chi connectivity index (χ4n) is 1.02. The van der Waals surface area contributed by atoms with Gasteiger partial charge in [-0.1, -0.05) is 23.7 Å². The molecule has 1 atom stereocenters. The lowest BCUT2D eigenvalue weighted by molar-refractivity contribution is -0.142. The molecule has 0 bridgehead atoms. The van der Waals surface area contributed by atoms with Crippen molar-refractivity contribution in [1.82, 2.24) is 0 Å². The number of carbonyl (C=O) groups is 1. The van der Waals surface area contributed by atoms with Crippen LogP contribution >= 0.6 is 23.2 Å². The third kappa shape index (κ3) is 2.89. The first kappa shape index (κ1) is 11.3. The van der Waals surface area contributed by atoms with Gasteiger partial charge in [-0.15, -0.1) is 11.6 Å². The molecule has 0 saturated heterocycles. The molecule has 0 spiro atoms. The minimum atomic E-state index is -0.784. The number of alkyl halides is 1. The zero-order chi connectivity index (χ0) is 10.6. The molecule has 4 heteroatoms. The summed E-state index contributed by atoms with van der Waals surface area (Å²) in [7, 11) is 0. The van der Waals surface area contributed by atoms with Gasteiger partial charge in [0.2, 0.25) is 0 Å². The first-order valence-corrected chi connectivity index (χ1v) is 5.02. The van der Waals surface area contributed by atoms with Crippen molar-refractivity contribution in [2.24, 2.45) is 0 Å². The Kier molecular flexibility index (Phi) is 4.23. The van der Waals surface area contributed by atoms with Crippen molar-refractivity contribution in [1.29, 1.82) is 0 Å². The maximum atomic E-state index is 11.3. The van der Waals surface area contributed by atoms with E-state index in [2.05, 4.69) is 0 Å². The second kappa shape index (κ2) is 5.23. The molecule has 76 valence electrons. The Morgan fingerprint density at radius 3 is 2.86 bits per heavy atom. The van der Waals surface area contributed by atoms with Crippen LogP contribution in [0.2, 0.25) is 5.02 Å². The van der Waals surface area contributed by atoms with Gasteiger partial charge in [-0.25, -0.2) is 0 Å². The number of ether oxygens (including phenoxy) is 1. The molecule has 0 heterocycles. The highest BCUT2D eigenvalue weighted by atomic mass is 35.5. The zero-order valence-corrected chi connectivity index (χ0v) is 9.18. The number of hydrogen-bond donors (Lipinski definition) is 0. The summed E-state index contributed by atoms with van der Waals surface area (Å²) in [5, 5.41) is -0.230. The Hall–Kier alpha value is -0.730. The maximum Gasteiger partial charge on any atom is 0.328 e. The molecule has 0 aliphatic rings. The zero-order valence-electron chi connectivity index (χ0n) is 7.67. The van der Waals surface area contributed by atoms with Gasteiger partial charge < -0.3 is 4.74 Å². The van der Waals surface area contributed by atoms with Crippen LogP contribution < -0.4 is 0 Å². The predicted octanol–water partition coefficient (Wildman–Crippen LogP) is 3.18. The summed E-state index contributed by atoms with van der Waals surface area (Å²) < 4.78 is 4.78. The van der Waals surface area contributed by atoms with Crippen LogP contribution in [0.5, 0.6) is 0 Å². The number of esters is 1. The van der Waals surface area contributed by atoms with E-state index in [-0.39, 0.29) is 0 Å². The van der Waals surface area contributed by atoms with Crippen LogP contribution in [0.25, 0.3) is 0 Å². The number of carbonyl (C=O) groups excluding carboxylic acids is 1. The largest absolute Gasteiger partial charge is 0.465 e. The summed E-state index contributed by atoms with van der Waals surface area (Å²) in [5.41, 5.74) is 0.651. The van der Waals surface area contributed by atoms with Crippen molar-refractivity contribution in [2.45, 2.75) is 12.3 Å². The van der Waals surface area contributed by atoms with E-state index in [1.165, 1.54) is 0 Å². The summed E-state index contributed by atoms with van der Waals surface area (Å²) in [6.07, 6.45) is 0. The summed E-state index contributed by atoms with van der Waals surface area (Å²) in [4.78, 5) is 11.3. The smallest absolute Gasteiger partial charge is 0.328 e. The van der Waals surface area contributed by atoms with Crippen molar-refractivity contribution in [3.8, 4) is 0 Å². The number of hydrogen-bond acceptors (Lipinski definition) is 2. The third-order valence-electron chi connectivity index (χ3n) is 1.63. The Labute approximate surface area is 92.8 Å². The fraction of sp³-hybridized carbons (Fsp3) is 0.300. The second-order valence-corrected chi connectivity index (χ2v) is 3.54. The molecule has 0 amide bonds. The molecule has 0 saturated carbocycles. The van der Waals surface area contributed by atoms with Crippen molar-refractivity contribution in [2.75, 3.05) is 6.61 Å². The highest BCUT2D eigenvalue weighted by Crippen LogP contribution is 2.24. The first-order chi connectivity index (χ1) is 6.65. The van der Waals surface area contributed by atoms with Gasteiger partial charge in [0.1, 0.15) is 0 Å². The van der Waals surface area contributed by atoms with Gasteiger partial charge in [0.15, 0.2) is 5.38 Å². The Morgan fingerprint density at radius 2 is 2.29 bits per heavy atom. The SMILES string of the molecule is CCOC(=O)C(Cl)c1cccc(Cl)c1. The highest BCUT2D eigenvalue weighted by molar-refractivity contribution is 6.32. The lowest BCUT2D eigenvalue weighted by atomic mass is 10.1. The van der Waals surface area contributed by atoms with Crippen LogP contribution in [0.4, 0.5) is 0 Å². The van der Waals surface area contributed by atoms with E-state index in [0.717, 1.165) is 0 Å². The molecule has 0 N–H and O–H groups in total. The van der Waals surface area contributed by atoms with E-state index >= 15 is 0 Å². The van der Waals surface area contributed by atoms with Crippen LogP contribution in [0.1, 0.15) is 17.9 Å². The van der Waals surface area contributed by atoms with Crippen LogP contribution in [0, 0.1) is 0 Å². The van der Waals surface area contributed by atoms with E-state index in [1.807, 2.05) is 0 Å². The molecular formula is C10H10Cl2O2. The van der Waals surface area contributed by atoms with Crippen LogP contribution in [0.3, 0.4) is 0 Å². The van der Waals surface area contributed by atoms with Crippen molar-refractivity contribution >= 4 is 29.2 Å². The standard InChI is InChI=1S/C10H10Cl2O2/c1-2-14-10(13)9(12)7-4-3-5-8(11)6-7/h3-6,9H,2H2,1H3. The van der Waals surface area contributed by atoms with E-state index in [1.54, 1.807) is 31.2 Å². The molecule has 1 aromatic carbocycles. The van der Waals surface area contributed by atoms with Crippen LogP contribution in [0.15, 0.2) is 24.3 Å². The fourth-order valence-corrected chi connectivity index (χ4v) is 1.41. The molecule has 0 aliphatic heterocycles. The monoisotopic (exact) mass is 232 g/mol. The third-order valence-corrected chi connectivity index (χ3v) is 2.30. The van der Waals surface area contributed by atoms with Gasteiger partial charge in [-0.3, -0.25) is 4.79 Å². The molecule has 0 aliphatic carbocycles. The normalized spacial score (nSPS) is 12.2. The minimum absolute atomic E-state index is 0.322. The van der Waals surface area contributed by atoms with E-state index in [0.29, 0.717) is 17.2 Å². The van der Waals surface area contributed by atoms with Gasteiger partial charge >= 0.3 is 5.97 Å². The van der Waals surface area contributed by atoms with E-state index in [9.17, 15) is 4.79 Å². The van der Waals surface area contributed by atoms with Crippen molar-refractivity contribution in [3.05, 3.63) is 34.9 Å². The van der Waals surface area contributed by atoms with Crippen molar-refractivity contribution in [3.63, 3.8) is 0 Å². The van der Waals surface area contributed by atoms with Crippen LogP contribution in [-0.2, 0) is 9.53 Å². The summed E-state index contributed by atoms with van der Waals surface area (Å²) in [6, 6.07) is 6.85. The van der Waals surface area contributed by atoms with Gasteiger partial charge in [-0.05, 0) is 24.6 Å². The first-order valence-electron chi connectivity index (χ1n) is 4.21. The summed E-state index contributed by atoms with van der Waals surface area (Å²) >= 11 is 11.6. The predicted molar refractivity (Wildman–Crippen MR) is 56.7 cm³/mol. The average molecular weight is 233 g/mol. The molecular weight excluding hydrogens is 223 g/mol. The summed E-state index contributed by atoms with van der Waals surface area (Å²) in [6.45, 7) is 2.06. The quantitative estimate of drug-likeness (QED) is 0.592. The van der Waals surface area contributed by atoms with Gasteiger partial charge in [0.05, 0.1) is 6.61 Å². The average Bonchev–Trinajstić information content (AvgIpc) is 2.17. The molecule has 1 aromatic rings. The maximum absolute atomic E-state index is 11.3. The van der Waals surface area contributed by atoms with Gasteiger partial charge in [0.25, 0.3) is 0 Å². The molecule has 14 heavy (non-hydrogen) atoms. The Bertz CT molecular complexity index is 326. The van der Waals surface area contributed by atoms with E-state index in [4.69, 9.17) is 27.9 Å². The Morgan fingerprint density at radius 1 is 1.57 bits per heavy atom. The highest BCUT2D eigenvalue weighted by Gasteiger charge is 2.18. The van der Waals surface area contributed by atoms with E-state index < -0.39 is 11.3 Å². The van der Waals surface area contributed by atoms with Gasteiger partial charge in [-0.2, -0.15) is 0 Å². The van der Waals surface area contributed by atoms with Crippen molar-refractivity contribution < 1.29 is 9.53 Å². The second-order valence-electron chi connectivity index (χ2n) is 2.67. The Balaban J connectivity index is 2.78. The van der Waals surface area contributed by atoms with Gasteiger partial charge in [0, 0.05) is 5.02 Å². The molecule has 2 nitrogen and oxygen atoms in total. The molecule has 1 rings (SSSR count). The molecule has 1 unspecified atom stereocenters. The topological polar surface area (TPSA) is 26.3 Å². The number of rotatable bonds is 3. The number of benzene rings is 1. The lowest BCUT2D eigenvalue weighted by Gasteiger charge is -2.08.